The molecule has 1 amide bonds. The van der Waals surface area contributed by atoms with Crippen molar-refractivity contribution in [3.63, 3.8) is 0 Å². The molecule has 0 saturated carbocycles. The van der Waals surface area contributed by atoms with Crippen molar-refractivity contribution in [1.82, 2.24) is 15.1 Å². The predicted molar refractivity (Wildman–Crippen MR) is 140 cm³/mol. The van der Waals surface area contributed by atoms with E-state index >= 15 is 0 Å². The molecular formula is C30H35F2N3O. The highest BCUT2D eigenvalue weighted by atomic mass is 19.1. The second-order valence-electron chi connectivity index (χ2n) is 9.43. The highest BCUT2D eigenvalue weighted by Gasteiger charge is 2.26. The van der Waals surface area contributed by atoms with Crippen molar-refractivity contribution in [2.24, 2.45) is 0 Å². The van der Waals surface area contributed by atoms with Crippen molar-refractivity contribution >= 4 is 5.91 Å². The van der Waals surface area contributed by atoms with Crippen molar-refractivity contribution in [3.05, 3.63) is 106 Å². The van der Waals surface area contributed by atoms with Crippen LogP contribution in [0.25, 0.3) is 0 Å². The molecule has 4 rings (SSSR count). The number of carbonyl (C=O) groups excluding carboxylic acids is 1. The Morgan fingerprint density at radius 1 is 0.944 bits per heavy atom. The summed E-state index contributed by atoms with van der Waals surface area (Å²) in [4.78, 5) is 16.9. The van der Waals surface area contributed by atoms with Crippen molar-refractivity contribution in [2.45, 2.75) is 45.8 Å². The molecule has 3 aromatic rings. The molecule has 0 aliphatic carbocycles. The summed E-state index contributed by atoms with van der Waals surface area (Å²) < 4.78 is 27.3. The van der Waals surface area contributed by atoms with Gasteiger partial charge in [0.15, 0.2) is 0 Å². The normalized spacial score (nSPS) is 15.5. The second-order valence-corrected chi connectivity index (χ2v) is 9.43. The molecule has 36 heavy (non-hydrogen) atoms. The number of rotatable bonds is 10. The maximum absolute atomic E-state index is 13.9. The summed E-state index contributed by atoms with van der Waals surface area (Å²) in [6, 6.07) is 19.7. The molecular weight excluding hydrogens is 456 g/mol. The zero-order valence-electron chi connectivity index (χ0n) is 21.1. The van der Waals surface area contributed by atoms with E-state index in [1.165, 1.54) is 18.2 Å². The lowest BCUT2D eigenvalue weighted by molar-refractivity contribution is 0.0773. The van der Waals surface area contributed by atoms with E-state index in [1.54, 1.807) is 6.07 Å². The number of nitrogens with zero attached hydrogens (tertiary/aromatic N) is 2. The van der Waals surface area contributed by atoms with Crippen LogP contribution < -0.4 is 5.32 Å². The zero-order chi connectivity index (χ0) is 25.5. The molecule has 0 spiro atoms. The maximum Gasteiger partial charge on any atom is 0.253 e. The van der Waals surface area contributed by atoms with Crippen LogP contribution in [0.3, 0.4) is 0 Å². The number of benzene rings is 3. The topological polar surface area (TPSA) is 35.6 Å². The lowest BCUT2D eigenvalue weighted by Gasteiger charge is -2.37. The van der Waals surface area contributed by atoms with Crippen LogP contribution in [0.5, 0.6) is 0 Å². The van der Waals surface area contributed by atoms with Crippen LogP contribution >= 0.6 is 0 Å². The Morgan fingerprint density at radius 2 is 1.69 bits per heavy atom. The van der Waals surface area contributed by atoms with Gasteiger partial charge in [0.05, 0.1) is 0 Å². The molecule has 0 saturated heterocycles. The van der Waals surface area contributed by atoms with Gasteiger partial charge in [-0.15, -0.1) is 0 Å². The number of fused-ring (bicyclic) bond motifs is 1. The third kappa shape index (κ3) is 6.56. The van der Waals surface area contributed by atoms with E-state index in [9.17, 15) is 13.6 Å². The minimum Gasteiger partial charge on any atom is -0.339 e. The summed E-state index contributed by atoms with van der Waals surface area (Å²) in [7, 11) is 0. The lowest BCUT2D eigenvalue weighted by atomic mass is 9.90. The molecule has 1 N–H and O–H groups in total. The monoisotopic (exact) mass is 491 g/mol. The molecule has 190 valence electrons. The summed E-state index contributed by atoms with van der Waals surface area (Å²) in [6.07, 6.45) is 1.55. The highest BCUT2D eigenvalue weighted by molar-refractivity contribution is 5.94. The number of amides is 1. The third-order valence-electron chi connectivity index (χ3n) is 7.03. The van der Waals surface area contributed by atoms with Gasteiger partial charge in [-0.2, -0.15) is 0 Å². The van der Waals surface area contributed by atoms with Crippen LogP contribution in [0.15, 0.2) is 66.7 Å². The molecule has 0 aromatic heterocycles. The Hall–Kier alpha value is -3.09. The lowest BCUT2D eigenvalue weighted by Crippen LogP contribution is -2.44. The van der Waals surface area contributed by atoms with Crippen LogP contribution in [0, 0.1) is 11.6 Å². The molecule has 1 aliphatic heterocycles. The van der Waals surface area contributed by atoms with Gasteiger partial charge in [0, 0.05) is 50.9 Å². The van der Waals surface area contributed by atoms with Crippen molar-refractivity contribution in [1.29, 1.82) is 0 Å². The van der Waals surface area contributed by atoms with Gasteiger partial charge in [-0.05, 0) is 85.3 Å². The summed E-state index contributed by atoms with van der Waals surface area (Å²) in [6.45, 7) is 8.43. The van der Waals surface area contributed by atoms with Crippen LogP contribution in [0.4, 0.5) is 8.78 Å². The quantitative estimate of drug-likeness (QED) is 0.396. The minimum atomic E-state index is -0.237. The van der Waals surface area contributed by atoms with Crippen molar-refractivity contribution < 1.29 is 13.6 Å². The Balaban J connectivity index is 1.38. The van der Waals surface area contributed by atoms with Gasteiger partial charge in [0.2, 0.25) is 0 Å². The van der Waals surface area contributed by atoms with Gasteiger partial charge < -0.3 is 10.2 Å². The fourth-order valence-electron chi connectivity index (χ4n) is 4.99. The molecule has 1 atom stereocenters. The molecule has 0 fully saturated rings. The first-order chi connectivity index (χ1) is 17.5. The van der Waals surface area contributed by atoms with Crippen LogP contribution in [0.1, 0.15) is 46.5 Å². The zero-order valence-corrected chi connectivity index (χ0v) is 21.1. The van der Waals surface area contributed by atoms with E-state index in [0.717, 1.165) is 60.3 Å². The van der Waals surface area contributed by atoms with Gasteiger partial charge >= 0.3 is 0 Å². The molecule has 6 heteroatoms. The molecule has 1 aliphatic rings. The number of halogens is 2. The largest absolute Gasteiger partial charge is 0.339 e. The Kier molecular flexibility index (Phi) is 8.83. The Morgan fingerprint density at radius 3 is 2.44 bits per heavy atom. The van der Waals surface area contributed by atoms with E-state index in [1.807, 2.05) is 61.2 Å². The number of hydrogen-bond acceptors (Lipinski definition) is 3. The fraction of sp³-hybridized carbons (Fsp3) is 0.367. The minimum absolute atomic E-state index is 0.0638. The van der Waals surface area contributed by atoms with Gasteiger partial charge in [0.1, 0.15) is 11.6 Å². The van der Waals surface area contributed by atoms with Crippen LogP contribution in [-0.4, -0.2) is 47.9 Å². The number of carbonyl (C=O) groups is 1. The van der Waals surface area contributed by atoms with E-state index in [2.05, 4.69) is 10.2 Å². The predicted octanol–water partition coefficient (Wildman–Crippen LogP) is 5.21. The van der Waals surface area contributed by atoms with Gasteiger partial charge in [-0.25, -0.2) is 8.78 Å². The number of hydrogen-bond donors (Lipinski definition) is 1. The van der Waals surface area contributed by atoms with Gasteiger partial charge in [-0.3, -0.25) is 9.69 Å². The van der Waals surface area contributed by atoms with E-state index in [0.29, 0.717) is 19.6 Å². The average Bonchev–Trinajstić information content (AvgIpc) is 2.89. The summed E-state index contributed by atoms with van der Waals surface area (Å²) in [5.74, 6) is -0.376. The molecule has 4 nitrogen and oxygen atoms in total. The Labute approximate surface area is 212 Å². The second kappa shape index (κ2) is 12.2. The summed E-state index contributed by atoms with van der Waals surface area (Å²) in [5.41, 5.74) is 5.09. The first-order valence-electron chi connectivity index (χ1n) is 12.8. The SMILES string of the molecule is CCN(CC)C(=O)c1cccc(CNCCN2Cc3ccc(F)cc3CC2Cc2ccc(F)cc2)c1. The average molecular weight is 492 g/mol. The maximum atomic E-state index is 13.9. The Bertz CT molecular complexity index is 1160. The first-order valence-corrected chi connectivity index (χ1v) is 12.8. The third-order valence-corrected chi connectivity index (χ3v) is 7.03. The van der Waals surface area contributed by atoms with Crippen molar-refractivity contribution in [2.75, 3.05) is 26.2 Å². The van der Waals surface area contributed by atoms with Gasteiger partial charge in [-0.1, -0.05) is 30.3 Å². The standard InChI is InChI=1S/C30H35F2N3O/c1-3-34(4-2)30(36)24-7-5-6-23(16-24)20-33-14-15-35-21-25-10-13-28(32)18-26(25)19-29(35)17-22-8-11-27(31)12-9-22/h5-13,16,18,29,33H,3-4,14-15,17,19-21H2,1-2H3. The molecule has 3 aromatic carbocycles. The smallest absolute Gasteiger partial charge is 0.253 e. The summed E-state index contributed by atoms with van der Waals surface area (Å²) in [5, 5.41) is 3.52. The highest BCUT2D eigenvalue weighted by Crippen LogP contribution is 2.26. The molecule has 1 heterocycles. The molecule has 0 radical (unpaired) electrons. The van der Waals surface area contributed by atoms with Crippen molar-refractivity contribution in [3.8, 4) is 0 Å². The van der Waals surface area contributed by atoms with E-state index in [4.69, 9.17) is 0 Å². The fourth-order valence-corrected chi connectivity index (χ4v) is 4.99. The first kappa shape index (κ1) is 26.0. The van der Waals surface area contributed by atoms with E-state index in [-0.39, 0.29) is 23.6 Å². The van der Waals surface area contributed by atoms with Gasteiger partial charge in [0.25, 0.3) is 5.91 Å². The van der Waals surface area contributed by atoms with Crippen LogP contribution in [-0.2, 0) is 25.9 Å². The number of nitrogens with one attached hydrogen (secondary N) is 1. The molecule has 0 bridgehead atoms. The van der Waals surface area contributed by atoms with Crippen LogP contribution in [0.2, 0.25) is 0 Å². The summed E-state index contributed by atoms with van der Waals surface area (Å²) >= 11 is 0. The molecule has 1 unspecified atom stereocenters. The van der Waals surface area contributed by atoms with E-state index < -0.39 is 0 Å².